The number of carbonyl (C=O) groups excluding carboxylic acids is 2. The van der Waals surface area contributed by atoms with Gasteiger partial charge in [-0.05, 0) is 18.9 Å². The number of hydrogen-bond acceptors (Lipinski definition) is 3. The van der Waals surface area contributed by atoms with Crippen LogP contribution in [0.15, 0.2) is 12.2 Å². The Morgan fingerprint density at radius 1 is 1.29 bits per heavy atom. The molecule has 0 heterocycles. The van der Waals surface area contributed by atoms with Crippen LogP contribution in [0.3, 0.4) is 0 Å². The Bertz CT molecular complexity index is 290. The average molecular weight is 241 g/mol. The maximum Gasteiger partial charge on any atom is 0.306 e. The molecule has 0 radical (unpaired) electrons. The van der Waals surface area contributed by atoms with Gasteiger partial charge in [0.25, 0.3) is 0 Å². The number of ether oxygens (including phenoxy) is 1. The molecule has 0 aliphatic rings. The molecule has 0 spiro atoms. The normalized spacial score (nSPS) is 10.8. The van der Waals surface area contributed by atoms with Crippen molar-refractivity contribution in [1.29, 1.82) is 0 Å². The zero-order chi connectivity index (χ0) is 13.5. The van der Waals surface area contributed by atoms with Gasteiger partial charge in [-0.25, -0.2) is 0 Å². The van der Waals surface area contributed by atoms with Crippen LogP contribution in [0, 0.1) is 5.41 Å². The third kappa shape index (κ3) is 8.48. The SMILES string of the molecule is C=C(C)COC(=O)CCCNC(=O)C(C)(C)C. The summed E-state index contributed by atoms with van der Waals surface area (Å²) in [4.78, 5) is 22.7. The van der Waals surface area contributed by atoms with E-state index in [4.69, 9.17) is 4.74 Å². The van der Waals surface area contributed by atoms with Crippen LogP contribution in [0.2, 0.25) is 0 Å². The highest BCUT2D eigenvalue weighted by Crippen LogP contribution is 2.12. The summed E-state index contributed by atoms with van der Waals surface area (Å²) in [5.41, 5.74) is 0.430. The van der Waals surface area contributed by atoms with E-state index < -0.39 is 0 Å². The van der Waals surface area contributed by atoms with Crippen LogP contribution >= 0.6 is 0 Å². The first kappa shape index (κ1) is 15.7. The van der Waals surface area contributed by atoms with Gasteiger partial charge in [0.05, 0.1) is 0 Å². The van der Waals surface area contributed by atoms with Crippen molar-refractivity contribution < 1.29 is 14.3 Å². The summed E-state index contributed by atoms with van der Waals surface area (Å²) in [7, 11) is 0. The molecule has 0 bridgehead atoms. The molecule has 0 unspecified atom stereocenters. The molecule has 0 aromatic rings. The number of hydrogen-bond donors (Lipinski definition) is 1. The lowest BCUT2D eigenvalue weighted by Gasteiger charge is -2.17. The fraction of sp³-hybridized carbons (Fsp3) is 0.692. The van der Waals surface area contributed by atoms with Crippen LogP contribution in [0.4, 0.5) is 0 Å². The fourth-order valence-corrected chi connectivity index (χ4v) is 0.976. The van der Waals surface area contributed by atoms with E-state index in [1.54, 1.807) is 6.92 Å². The number of esters is 1. The maximum atomic E-state index is 11.5. The van der Waals surface area contributed by atoms with Gasteiger partial charge >= 0.3 is 5.97 Å². The minimum atomic E-state index is -0.388. The molecule has 1 N–H and O–H groups in total. The van der Waals surface area contributed by atoms with Crippen LogP contribution in [-0.4, -0.2) is 25.0 Å². The maximum absolute atomic E-state index is 11.5. The zero-order valence-corrected chi connectivity index (χ0v) is 11.3. The Balaban J connectivity index is 3.62. The molecule has 0 aromatic heterocycles. The molecule has 98 valence electrons. The smallest absolute Gasteiger partial charge is 0.306 e. The molecule has 17 heavy (non-hydrogen) atoms. The van der Waals surface area contributed by atoms with Crippen molar-refractivity contribution in [3.8, 4) is 0 Å². The molecule has 0 aliphatic heterocycles. The first-order valence-electron chi connectivity index (χ1n) is 5.82. The van der Waals surface area contributed by atoms with Gasteiger partial charge in [0, 0.05) is 18.4 Å². The topological polar surface area (TPSA) is 55.4 Å². The van der Waals surface area contributed by atoms with Crippen molar-refractivity contribution in [2.24, 2.45) is 5.41 Å². The van der Waals surface area contributed by atoms with Crippen molar-refractivity contribution in [2.45, 2.75) is 40.5 Å². The van der Waals surface area contributed by atoms with Gasteiger partial charge in [0.15, 0.2) is 0 Å². The van der Waals surface area contributed by atoms with E-state index >= 15 is 0 Å². The number of rotatable bonds is 6. The number of amides is 1. The summed E-state index contributed by atoms with van der Waals surface area (Å²) in [5, 5.41) is 2.78. The Morgan fingerprint density at radius 3 is 2.35 bits per heavy atom. The summed E-state index contributed by atoms with van der Waals surface area (Å²) in [6.45, 7) is 11.8. The van der Waals surface area contributed by atoms with E-state index in [0.717, 1.165) is 5.57 Å². The monoisotopic (exact) mass is 241 g/mol. The van der Waals surface area contributed by atoms with E-state index in [9.17, 15) is 9.59 Å². The van der Waals surface area contributed by atoms with E-state index in [1.165, 1.54) is 0 Å². The van der Waals surface area contributed by atoms with Crippen molar-refractivity contribution in [1.82, 2.24) is 5.32 Å². The van der Waals surface area contributed by atoms with E-state index in [0.29, 0.717) is 19.4 Å². The summed E-state index contributed by atoms with van der Waals surface area (Å²) >= 11 is 0. The predicted octanol–water partition coefficient (Wildman–Crippen LogP) is 2.05. The first-order chi connectivity index (χ1) is 7.73. The Labute approximate surface area is 103 Å². The lowest BCUT2D eigenvalue weighted by molar-refractivity contribution is -0.143. The van der Waals surface area contributed by atoms with Gasteiger partial charge in [0.2, 0.25) is 5.91 Å². The largest absolute Gasteiger partial charge is 0.461 e. The summed E-state index contributed by atoms with van der Waals surface area (Å²) in [6, 6.07) is 0. The van der Waals surface area contributed by atoms with Crippen LogP contribution in [-0.2, 0) is 14.3 Å². The van der Waals surface area contributed by atoms with Gasteiger partial charge < -0.3 is 10.1 Å². The van der Waals surface area contributed by atoms with Gasteiger partial charge in [-0.2, -0.15) is 0 Å². The number of nitrogens with one attached hydrogen (secondary N) is 1. The molecule has 0 aliphatic carbocycles. The molecule has 4 nitrogen and oxygen atoms in total. The quantitative estimate of drug-likeness (QED) is 0.440. The van der Waals surface area contributed by atoms with E-state index in [2.05, 4.69) is 11.9 Å². The van der Waals surface area contributed by atoms with Crippen LogP contribution in [0.1, 0.15) is 40.5 Å². The van der Waals surface area contributed by atoms with Gasteiger partial charge in [0.1, 0.15) is 6.61 Å². The summed E-state index contributed by atoms with van der Waals surface area (Å²) in [5.74, 6) is -0.259. The number of carbonyl (C=O) groups is 2. The third-order valence-electron chi connectivity index (χ3n) is 2.00. The third-order valence-corrected chi connectivity index (χ3v) is 2.00. The minimum Gasteiger partial charge on any atom is -0.461 e. The molecule has 0 saturated carbocycles. The highest BCUT2D eigenvalue weighted by atomic mass is 16.5. The van der Waals surface area contributed by atoms with Crippen LogP contribution in [0.25, 0.3) is 0 Å². The standard InChI is InChI=1S/C13H23NO3/c1-10(2)9-17-11(15)7-6-8-14-12(16)13(3,4)5/h1,6-9H2,2-5H3,(H,14,16). The van der Waals surface area contributed by atoms with Gasteiger partial charge in [-0.3, -0.25) is 9.59 Å². The second-order valence-electron chi connectivity index (χ2n) is 5.23. The van der Waals surface area contributed by atoms with Gasteiger partial charge in [-0.1, -0.05) is 27.4 Å². The van der Waals surface area contributed by atoms with E-state index in [1.807, 2.05) is 20.8 Å². The van der Waals surface area contributed by atoms with Crippen LogP contribution < -0.4 is 5.32 Å². The molecule has 4 heteroatoms. The molecule has 0 saturated heterocycles. The Hall–Kier alpha value is -1.32. The van der Waals surface area contributed by atoms with Gasteiger partial charge in [-0.15, -0.1) is 0 Å². The summed E-state index contributed by atoms with van der Waals surface area (Å²) in [6.07, 6.45) is 0.911. The first-order valence-corrected chi connectivity index (χ1v) is 5.82. The highest BCUT2D eigenvalue weighted by molar-refractivity contribution is 5.81. The molecule has 0 fully saturated rings. The molecular formula is C13H23NO3. The van der Waals surface area contributed by atoms with Crippen molar-refractivity contribution in [2.75, 3.05) is 13.2 Å². The molecule has 0 aromatic carbocycles. The fourth-order valence-electron chi connectivity index (χ4n) is 0.976. The predicted molar refractivity (Wildman–Crippen MR) is 67.5 cm³/mol. The van der Waals surface area contributed by atoms with Crippen molar-refractivity contribution in [3.63, 3.8) is 0 Å². The molecule has 0 rings (SSSR count). The minimum absolute atomic E-state index is 0.00666. The van der Waals surface area contributed by atoms with Crippen LogP contribution in [0.5, 0.6) is 0 Å². The zero-order valence-electron chi connectivity index (χ0n) is 11.3. The van der Waals surface area contributed by atoms with Crippen molar-refractivity contribution in [3.05, 3.63) is 12.2 Å². The lowest BCUT2D eigenvalue weighted by atomic mass is 9.96. The summed E-state index contributed by atoms with van der Waals surface area (Å²) < 4.78 is 4.93. The van der Waals surface area contributed by atoms with Crippen molar-refractivity contribution >= 4 is 11.9 Å². The van der Waals surface area contributed by atoms with E-state index in [-0.39, 0.29) is 23.9 Å². The molecular weight excluding hydrogens is 218 g/mol. The molecule has 0 atom stereocenters. The Morgan fingerprint density at radius 2 is 1.88 bits per heavy atom. The lowest BCUT2D eigenvalue weighted by Crippen LogP contribution is -2.35. The average Bonchev–Trinajstić information content (AvgIpc) is 2.19. The second-order valence-corrected chi connectivity index (χ2v) is 5.23. The Kier molecular flexibility index (Phi) is 6.54. The molecule has 1 amide bonds. The second kappa shape index (κ2) is 7.09. The highest BCUT2D eigenvalue weighted by Gasteiger charge is 2.20.